The maximum atomic E-state index is 6.49. The number of thiophene rings is 4. The first kappa shape index (κ1) is 35.1. The third-order valence-corrected chi connectivity index (χ3v) is 14.4. The molecule has 0 radical (unpaired) electrons. The fourth-order valence-electron chi connectivity index (χ4n) is 6.04. The minimum Gasteiger partial charge on any atom is -0.399 e. The molecular formula is C38H53BO2S4. The van der Waals surface area contributed by atoms with Crippen LogP contribution >= 0.6 is 45.3 Å². The molecule has 4 aromatic rings. The van der Waals surface area contributed by atoms with E-state index in [1.165, 1.54) is 129 Å². The van der Waals surface area contributed by atoms with Crippen molar-refractivity contribution in [3.63, 3.8) is 0 Å². The normalized spacial score (nSPS) is 15.8. The van der Waals surface area contributed by atoms with Crippen LogP contribution in [0, 0.1) is 0 Å². The van der Waals surface area contributed by atoms with Crippen molar-refractivity contribution in [1.82, 2.24) is 0 Å². The van der Waals surface area contributed by atoms with Crippen LogP contribution in [0.1, 0.15) is 130 Å². The molecule has 7 heteroatoms. The van der Waals surface area contributed by atoms with Gasteiger partial charge in [0.1, 0.15) is 0 Å². The molecule has 0 amide bonds. The van der Waals surface area contributed by atoms with Crippen LogP contribution in [0.2, 0.25) is 0 Å². The van der Waals surface area contributed by atoms with Crippen molar-refractivity contribution in [3.05, 3.63) is 52.9 Å². The molecule has 1 aliphatic rings. The zero-order chi connectivity index (χ0) is 31.9. The summed E-state index contributed by atoms with van der Waals surface area (Å²) in [6.45, 7) is 13.2. The average molecular weight is 681 g/mol. The van der Waals surface area contributed by atoms with Crippen molar-refractivity contribution in [2.45, 2.75) is 143 Å². The Labute approximate surface area is 289 Å². The van der Waals surface area contributed by atoms with Crippen LogP contribution in [0.15, 0.2) is 41.8 Å². The lowest BCUT2D eigenvalue weighted by atomic mass is 9.87. The van der Waals surface area contributed by atoms with E-state index in [1.54, 1.807) is 0 Å². The molecule has 2 nitrogen and oxygen atoms in total. The van der Waals surface area contributed by atoms with E-state index in [9.17, 15) is 0 Å². The SMILES string of the molecule is CCCCCCCCc1ccsc1-c1ccc(-c2ccc(-c3sc(B4OC(C)(C)C(C)(C)O4)cc3CCCCCCCC)s2)s1. The van der Waals surface area contributed by atoms with Gasteiger partial charge < -0.3 is 9.31 Å². The van der Waals surface area contributed by atoms with E-state index >= 15 is 0 Å². The Hall–Kier alpha value is -1.22. The summed E-state index contributed by atoms with van der Waals surface area (Å²) in [6.07, 6.45) is 18.3. The van der Waals surface area contributed by atoms with Crippen LogP contribution in [0.4, 0.5) is 0 Å². The molecule has 0 spiro atoms. The maximum absolute atomic E-state index is 6.49. The summed E-state index contributed by atoms with van der Waals surface area (Å²) in [5.41, 5.74) is 2.33. The summed E-state index contributed by atoms with van der Waals surface area (Å²) in [7, 11) is -0.298. The van der Waals surface area contributed by atoms with Gasteiger partial charge in [0.25, 0.3) is 0 Å². The number of unbranched alkanes of at least 4 members (excludes halogenated alkanes) is 10. The first-order chi connectivity index (χ1) is 21.7. The molecule has 4 aromatic heterocycles. The largest absolute Gasteiger partial charge is 0.505 e. The van der Waals surface area contributed by atoms with Crippen molar-refractivity contribution >= 4 is 57.2 Å². The Morgan fingerprint density at radius 1 is 0.556 bits per heavy atom. The highest BCUT2D eigenvalue weighted by Crippen LogP contribution is 2.45. The van der Waals surface area contributed by atoms with Crippen LogP contribution in [-0.2, 0) is 22.2 Å². The molecule has 1 aliphatic heterocycles. The minimum atomic E-state index is -0.328. The van der Waals surface area contributed by atoms with Crippen LogP contribution in [0.25, 0.3) is 29.3 Å². The smallest absolute Gasteiger partial charge is 0.399 e. The Morgan fingerprint density at radius 2 is 1.04 bits per heavy atom. The molecule has 1 fully saturated rings. The van der Waals surface area contributed by atoms with Gasteiger partial charge in [0.15, 0.2) is 0 Å². The van der Waals surface area contributed by atoms with Gasteiger partial charge in [-0.25, -0.2) is 0 Å². The second-order valence-corrected chi connectivity index (χ2v) is 17.9. The number of hydrogen-bond donors (Lipinski definition) is 0. The van der Waals surface area contributed by atoms with Crippen LogP contribution in [-0.4, -0.2) is 18.3 Å². The number of aryl methyl sites for hydroxylation is 2. The monoisotopic (exact) mass is 680 g/mol. The number of hydrogen-bond acceptors (Lipinski definition) is 6. The van der Waals surface area contributed by atoms with E-state index in [-0.39, 0.29) is 18.3 Å². The van der Waals surface area contributed by atoms with Crippen molar-refractivity contribution in [3.8, 4) is 29.3 Å². The highest BCUT2D eigenvalue weighted by atomic mass is 32.1. The second kappa shape index (κ2) is 16.3. The fourth-order valence-corrected chi connectivity index (χ4v) is 10.6. The first-order valence-corrected chi connectivity index (χ1v) is 20.8. The lowest BCUT2D eigenvalue weighted by Crippen LogP contribution is -2.41. The fraction of sp³-hybridized carbons (Fsp3) is 0.579. The van der Waals surface area contributed by atoms with E-state index in [1.807, 2.05) is 45.3 Å². The lowest BCUT2D eigenvalue weighted by Gasteiger charge is -2.32. The van der Waals surface area contributed by atoms with Crippen LogP contribution < -0.4 is 4.78 Å². The van der Waals surface area contributed by atoms with Crippen molar-refractivity contribution in [2.75, 3.05) is 0 Å². The van der Waals surface area contributed by atoms with Gasteiger partial charge in [-0.3, -0.25) is 0 Å². The Kier molecular flexibility index (Phi) is 12.7. The predicted octanol–water partition coefficient (Wildman–Crippen LogP) is 13.0. The van der Waals surface area contributed by atoms with E-state index in [0.717, 1.165) is 6.42 Å². The zero-order valence-electron chi connectivity index (χ0n) is 28.5. The van der Waals surface area contributed by atoms with E-state index in [0.29, 0.717) is 0 Å². The molecular weight excluding hydrogens is 627 g/mol. The summed E-state index contributed by atoms with van der Waals surface area (Å²) in [5.74, 6) is 0. The van der Waals surface area contributed by atoms with Crippen LogP contribution in [0.3, 0.4) is 0 Å². The zero-order valence-corrected chi connectivity index (χ0v) is 31.7. The highest BCUT2D eigenvalue weighted by Gasteiger charge is 2.52. The molecule has 0 N–H and O–H groups in total. The number of rotatable bonds is 18. The van der Waals surface area contributed by atoms with Gasteiger partial charge in [0.05, 0.1) is 11.2 Å². The third-order valence-electron chi connectivity index (χ3n) is 9.56. The second-order valence-electron chi connectivity index (χ2n) is 13.7. The Balaban J connectivity index is 1.31. The van der Waals surface area contributed by atoms with Gasteiger partial charge in [-0.15, -0.1) is 45.3 Å². The van der Waals surface area contributed by atoms with E-state index < -0.39 is 0 Å². The predicted molar refractivity (Wildman–Crippen MR) is 204 cm³/mol. The first-order valence-electron chi connectivity index (χ1n) is 17.5. The lowest BCUT2D eigenvalue weighted by molar-refractivity contribution is 0.00578. The van der Waals surface area contributed by atoms with Gasteiger partial charge >= 0.3 is 7.12 Å². The quantitative estimate of drug-likeness (QED) is 0.0769. The van der Waals surface area contributed by atoms with Gasteiger partial charge in [0.2, 0.25) is 0 Å². The highest BCUT2D eigenvalue weighted by molar-refractivity contribution is 7.30. The summed E-state index contributed by atoms with van der Waals surface area (Å²) >= 11 is 7.68. The third kappa shape index (κ3) is 8.83. The average Bonchev–Trinajstić information content (AvgIpc) is 3.83. The Morgan fingerprint density at radius 3 is 1.62 bits per heavy atom. The van der Waals surface area contributed by atoms with E-state index in [4.69, 9.17) is 9.31 Å². The molecule has 0 aromatic carbocycles. The molecule has 0 unspecified atom stereocenters. The summed E-state index contributed by atoms with van der Waals surface area (Å²) in [5, 5.41) is 2.28. The van der Waals surface area contributed by atoms with E-state index in [2.05, 4.69) is 83.3 Å². The molecule has 5 rings (SSSR count). The summed E-state index contributed by atoms with van der Waals surface area (Å²) in [4.78, 5) is 8.41. The van der Waals surface area contributed by atoms with Crippen LogP contribution in [0.5, 0.6) is 0 Å². The van der Waals surface area contributed by atoms with Crippen molar-refractivity contribution in [1.29, 1.82) is 0 Å². The maximum Gasteiger partial charge on any atom is 0.505 e. The topological polar surface area (TPSA) is 18.5 Å². The van der Waals surface area contributed by atoms with Crippen molar-refractivity contribution in [2.24, 2.45) is 0 Å². The molecule has 244 valence electrons. The van der Waals surface area contributed by atoms with Gasteiger partial charge in [-0.1, -0.05) is 78.1 Å². The molecule has 5 heterocycles. The van der Waals surface area contributed by atoms with Crippen molar-refractivity contribution < 1.29 is 9.31 Å². The molecule has 45 heavy (non-hydrogen) atoms. The minimum absolute atomic E-state index is 0.298. The Bertz CT molecular complexity index is 1460. The molecule has 0 aliphatic carbocycles. The standard InChI is InChI=1S/C38H53BO2S4/c1-7-9-11-13-15-17-19-28-25-26-42-35(28)32-23-21-30(43-32)31-22-24-33(44-31)36-29(20-18-16-14-12-10-8-2)27-34(45-36)39-40-37(3,4)38(5,6)41-39/h21-27H,7-20H2,1-6H3. The molecule has 0 atom stereocenters. The molecule has 1 saturated heterocycles. The molecule has 0 saturated carbocycles. The van der Waals surface area contributed by atoms with Gasteiger partial charge in [-0.05, 0) is 106 Å². The summed E-state index contributed by atoms with van der Waals surface area (Å²) < 4.78 is 14.2. The molecule has 0 bridgehead atoms. The van der Waals surface area contributed by atoms with Gasteiger partial charge in [0, 0.05) is 34.0 Å². The van der Waals surface area contributed by atoms with Gasteiger partial charge in [-0.2, -0.15) is 0 Å². The summed E-state index contributed by atoms with van der Waals surface area (Å²) in [6, 6.07) is 14.1.